The van der Waals surface area contributed by atoms with Crippen LogP contribution in [0.4, 0.5) is 0 Å². The Morgan fingerprint density at radius 1 is 0.962 bits per heavy atom. The molecule has 4 heterocycles. The van der Waals surface area contributed by atoms with Crippen LogP contribution in [0.1, 0.15) is 22.8 Å². The van der Waals surface area contributed by atoms with Gasteiger partial charge in [0, 0.05) is 36.3 Å². The molecule has 0 amide bonds. The second-order valence-corrected chi connectivity index (χ2v) is 7.06. The summed E-state index contributed by atoms with van der Waals surface area (Å²) in [5.41, 5.74) is 4.47. The number of aromatic nitrogens is 2. The van der Waals surface area contributed by atoms with Gasteiger partial charge in [0.2, 0.25) is 0 Å². The standard InChI is InChI=1S/C21H25N5/c1-17-4-2-6-20(23-17)14-25-10-11-26(16-25)15-21-7-3-5-19(24-21)12-18-8-9-22-13-18/h2-11,18,22H,12-16H2,1H3. The van der Waals surface area contributed by atoms with Gasteiger partial charge in [-0.15, -0.1) is 0 Å². The maximum atomic E-state index is 4.85. The van der Waals surface area contributed by atoms with Gasteiger partial charge in [0.25, 0.3) is 0 Å². The van der Waals surface area contributed by atoms with Crippen LogP contribution in [0.2, 0.25) is 0 Å². The molecular formula is C21H25N5. The number of rotatable bonds is 6. The van der Waals surface area contributed by atoms with Crippen molar-refractivity contribution in [3.63, 3.8) is 0 Å². The molecule has 2 aliphatic heterocycles. The van der Waals surface area contributed by atoms with Crippen LogP contribution in [0.5, 0.6) is 0 Å². The first-order valence-corrected chi connectivity index (χ1v) is 9.18. The molecule has 5 nitrogen and oxygen atoms in total. The molecule has 1 N–H and O–H groups in total. The summed E-state index contributed by atoms with van der Waals surface area (Å²) in [6, 6.07) is 12.6. The number of nitrogens with zero attached hydrogens (tertiary/aromatic N) is 4. The van der Waals surface area contributed by atoms with Crippen molar-refractivity contribution < 1.29 is 0 Å². The van der Waals surface area contributed by atoms with Crippen molar-refractivity contribution >= 4 is 0 Å². The molecule has 0 bridgehead atoms. The summed E-state index contributed by atoms with van der Waals surface area (Å²) in [6.45, 7) is 5.59. The summed E-state index contributed by atoms with van der Waals surface area (Å²) in [6.07, 6.45) is 9.56. The van der Waals surface area contributed by atoms with Crippen LogP contribution in [-0.4, -0.2) is 33.0 Å². The third-order valence-corrected chi connectivity index (χ3v) is 4.73. The van der Waals surface area contributed by atoms with Gasteiger partial charge in [-0.05, 0) is 43.8 Å². The normalized spacial score (nSPS) is 18.6. The van der Waals surface area contributed by atoms with Gasteiger partial charge >= 0.3 is 0 Å². The highest BCUT2D eigenvalue weighted by atomic mass is 15.3. The quantitative estimate of drug-likeness (QED) is 0.870. The molecule has 0 fully saturated rings. The van der Waals surface area contributed by atoms with Crippen molar-refractivity contribution in [3.05, 3.63) is 83.8 Å². The monoisotopic (exact) mass is 347 g/mol. The first kappa shape index (κ1) is 16.6. The Balaban J connectivity index is 1.32. The number of hydrogen-bond acceptors (Lipinski definition) is 5. The van der Waals surface area contributed by atoms with E-state index in [0.29, 0.717) is 5.92 Å². The first-order chi connectivity index (χ1) is 12.7. The Morgan fingerprint density at radius 2 is 1.65 bits per heavy atom. The number of aryl methyl sites for hydroxylation is 1. The van der Waals surface area contributed by atoms with Gasteiger partial charge in [0.05, 0.1) is 31.1 Å². The van der Waals surface area contributed by atoms with E-state index in [1.54, 1.807) is 0 Å². The average Bonchev–Trinajstić information content (AvgIpc) is 3.28. The van der Waals surface area contributed by atoms with Gasteiger partial charge in [-0.3, -0.25) is 9.97 Å². The fraction of sp³-hybridized carbons (Fsp3) is 0.333. The third kappa shape index (κ3) is 4.23. The van der Waals surface area contributed by atoms with E-state index in [2.05, 4.69) is 68.9 Å². The molecule has 5 heteroatoms. The predicted molar refractivity (Wildman–Crippen MR) is 103 cm³/mol. The van der Waals surface area contributed by atoms with E-state index in [1.807, 2.05) is 19.2 Å². The number of nitrogens with one attached hydrogen (secondary N) is 1. The fourth-order valence-electron chi connectivity index (χ4n) is 3.46. The Hall–Kier alpha value is -2.82. The minimum absolute atomic E-state index is 0.557. The van der Waals surface area contributed by atoms with Crippen LogP contribution < -0.4 is 5.32 Å². The number of hydrogen-bond donors (Lipinski definition) is 1. The van der Waals surface area contributed by atoms with E-state index in [4.69, 9.17) is 4.98 Å². The highest BCUT2D eigenvalue weighted by Gasteiger charge is 2.15. The van der Waals surface area contributed by atoms with Gasteiger partial charge in [-0.2, -0.15) is 0 Å². The van der Waals surface area contributed by atoms with Crippen molar-refractivity contribution in [1.29, 1.82) is 0 Å². The minimum Gasteiger partial charge on any atom is -0.391 e. The van der Waals surface area contributed by atoms with Crippen molar-refractivity contribution in [2.24, 2.45) is 5.92 Å². The third-order valence-electron chi connectivity index (χ3n) is 4.73. The summed E-state index contributed by atoms with van der Waals surface area (Å²) in [5, 5.41) is 3.26. The van der Waals surface area contributed by atoms with Crippen LogP contribution in [0.25, 0.3) is 0 Å². The maximum Gasteiger partial charge on any atom is 0.0902 e. The molecule has 2 aromatic rings. The summed E-state index contributed by atoms with van der Waals surface area (Å²) < 4.78 is 0. The minimum atomic E-state index is 0.557. The van der Waals surface area contributed by atoms with Gasteiger partial charge in [0.1, 0.15) is 0 Å². The molecule has 0 aliphatic carbocycles. The molecule has 1 atom stereocenters. The van der Waals surface area contributed by atoms with Crippen molar-refractivity contribution in [3.8, 4) is 0 Å². The Morgan fingerprint density at radius 3 is 2.35 bits per heavy atom. The van der Waals surface area contributed by atoms with E-state index in [9.17, 15) is 0 Å². The lowest BCUT2D eigenvalue weighted by Crippen LogP contribution is -2.25. The zero-order valence-corrected chi connectivity index (χ0v) is 15.2. The van der Waals surface area contributed by atoms with E-state index in [0.717, 1.165) is 49.8 Å². The van der Waals surface area contributed by atoms with E-state index < -0.39 is 0 Å². The Bertz CT molecular complexity index is 814. The molecule has 2 aromatic heterocycles. The topological polar surface area (TPSA) is 44.3 Å². The van der Waals surface area contributed by atoms with Gasteiger partial charge in [0.15, 0.2) is 0 Å². The Kier molecular flexibility index (Phi) is 4.86. The highest BCUT2D eigenvalue weighted by molar-refractivity contribution is 5.15. The molecule has 1 unspecified atom stereocenters. The molecule has 0 radical (unpaired) electrons. The largest absolute Gasteiger partial charge is 0.391 e. The summed E-state index contributed by atoms with van der Waals surface area (Å²) in [4.78, 5) is 14.0. The average molecular weight is 347 g/mol. The van der Waals surface area contributed by atoms with Crippen molar-refractivity contribution in [1.82, 2.24) is 25.1 Å². The second-order valence-electron chi connectivity index (χ2n) is 7.06. The van der Waals surface area contributed by atoms with Gasteiger partial charge in [-0.25, -0.2) is 0 Å². The zero-order valence-electron chi connectivity index (χ0n) is 15.2. The SMILES string of the molecule is Cc1cccc(CN2C=CN(Cc3cccc(CC4C=CNC4)n3)C2)n1. The van der Waals surface area contributed by atoms with Crippen LogP contribution in [0.3, 0.4) is 0 Å². The molecule has 2 aliphatic rings. The van der Waals surface area contributed by atoms with Gasteiger partial charge in [-0.1, -0.05) is 18.2 Å². The highest BCUT2D eigenvalue weighted by Crippen LogP contribution is 2.15. The van der Waals surface area contributed by atoms with Crippen LogP contribution in [-0.2, 0) is 19.5 Å². The van der Waals surface area contributed by atoms with Crippen molar-refractivity contribution in [2.45, 2.75) is 26.4 Å². The van der Waals surface area contributed by atoms with Crippen molar-refractivity contribution in [2.75, 3.05) is 13.2 Å². The molecule has 134 valence electrons. The van der Waals surface area contributed by atoms with Crippen LogP contribution >= 0.6 is 0 Å². The van der Waals surface area contributed by atoms with Crippen LogP contribution in [0.15, 0.2) is 61.1 Å². The lowest BCUT2D eigenvalue weighted by atomic mass is 10.0. The smallest absolute Gasteiger partial charge is 0.0902 e. The molecule has 26 heavy (non-hydrogen) atoms. The molecule has 0 spiro atoms. The first-order valence-electron chi connectivity index (χ1n) is 9.18. The summed E-state index contributed by atoms with van der Waals surface area (Å²) in [5.74, 6) is 0.557. The van der Waals surface area contributed by atoms with Crippen LogP contribution in [0, 0.1) is 12.8 Å². The Labute approximate surface area is 155 Å². The number of pyridine rings is 2. The van der Waals surface area contributed by atoms with E-state index >= 15 is 0 Å². The second kappa shape index (κ2) is 7.60. The lowest BCUT2D eigenvalue weighted by Gasteiger charge is -2.21. The lowest BCUT2D eigenvalue weighted by molar-refractivity contribution is 0.251. The maximum absolute atomic E-state index is 4.85. The predicted octanol–water partition coefficient (Wildman–Crippen LogP) is 2.81. The molecule has 4 rings (SSSR count). The summed E-state index contributed by atoms with van der Waals surface area (Å²) in [7, 11) is 0. The fourth-order valence-corrected chi connectivity index (χ4v) is 3.46. The summed E-state index contributed by atoms with van der Waals surface area (Å²) >= 11 is 0. The molecule has 0 aromatic carbocycles. The zero-order chi connectivity index (χ0) is 17.8. The van der Waals surface area contributed by atoms with Gasteiger partial charge < -0.3 is 15.1 Å². The van der Waals surface area contributed by atoms with E-state index in [1.165, 1.54) is 5.69 Å². The molecule has 0 saturated heterocycles. The van der Waals surface area contributed by atoms with E-state index in [-0.39, 0.29) is 0 Å². The molecular weight excluding hydrogens is 322 g/mol. The molecule has 0 saturated carbocycles.